The van der Waals surface area contributed by atoms with E-state index >= 15 is 0 Å². The second-order valence-corrected chi connectivity index (χ2v) is 5.40. The molecule has 1 amide bonds. The Morgan fingerprint density at radius 1 is 1.61 bits per heavy atom. The van der Waals surface area contributed by atoms with Gasteiger partial charge in [-0.15, -0.1) is 12.3 Å². The SMILES string of the molecule is C#CCCCNC(=O)C1(N)CC(OCC)C1(C)C. The minimum Gasteiger partial charge on any atom is -0.378 e. The average Bonchev–Trinajstić information content (AvgIpc) is 2.33. The van der Waals surface area contributed by atoms with E-state index in [-0.39, 0.29) is 17.4 Å². The molecule has 4 heteroatoms. The monoisotopic (exact) mass is 252 g/mol. The van der Waals surface area contributed by atoms with E-state index in [1.54, 1.807) is 0 Å². The molecule has 1 aliphatic carbocycles. The van der Waals surface area contributed by atoms with Crippen LogP contribution in [0.4, 0.5) is 0 Å². The molecule has 4 nitrogen and oxygen atoms in total. The number of hydrogen-bond donors (Lipinski definition) is 2. The summed E-state index contributed by atoms with van der Waals surface area (Å²) in [6.45, 7) is 7.15. The summed E-state index contributed by atoms with van der Waals surface area (Å²) in [5.41, 5.74) is 5.06. The molecule has 18 heavy (non-hydrogen) atoms. The van der Waals surface area contributed by atoms with Crippen molar-refractivity contribution >= 4 is 5.91 Å². The highest BCUT2D eigenvalue weighted by Gasteiger charge is 2.62. The van der Waals surface area contributed by atoms with Crippen molar-refractivity contribution in [2.75, 3.05) is 13.2 Å². The molecule has 0 radical (unpaired) electrons. The van der Waals surface area contributed by atoms with Crippen molar-refractivity contribution in [3.8, 4) is 12.3 Å². The first-order valence-corrected chi connectivity index (χ1v) is 6.52. The first-order valence-electron chi connectivity index (χ1n) is 6.52. The van der Waals surface area contributed by atoms with E-state index in [0.717, 1.165) is 6.42 Å². The molecule has 0 saturated heterocycles. The molecule has 0 aliphatic heterocycles. The van der Waals surface area contributed by atoms with E-state index in [4.69, 9.17) is 16.9 Å². The predicted molar refractivity (Wildman–Crippen MR) is 71.8 cm³/mol. The smallest absolute Gasteiger partial charge is 0.240 e. The van der Waals surface area contributed by atoms with Gasteiger partial charge in [-0.05, 0) is 13.3 Å². The first kappa shape index (κ1) is 15.0. The molecule has 1 saturated carbocycles. The molecule has 2 unspecified atom stereocenters. The van der Waals surface area contributed by atoms with Gasteiger partial charge in [0.15, 0.2) is 0 Å². The highest BCUT2D eigenvalue weighted by molar-refractivity contribution is 5.88. The lowest BCUT2D eigenvalue weighted by Crippen LogP contribution is -2.75. The zero-order chi connectivity index (χ0) is 13.8. The number of amides is 1. The number of rotatable bonds is 6. The van der Waals surface area contributed by atoms with Gasteiger partial charge in [-0.2, -0.15) is 0 Å². The number of carbonyl (C=O) groups excluding carboxylic acids is 1. The Balaban J connectivity index is 2.51. The lowest BCUT2D eigenvalue weighted by atomic mass is 9.54. The van der Waals surface area contributed by atoms with Crippen molar-refractivity contribution in [3.05, 3.63) is 0 Å². The lowest BCUT2D eigenvalue weighted by molar-refractivity contribution is -0.170. The van der Waals surface area contributed by atoms with Crippen LogP contribution in [0.25, 0.3) is 0 Å². The Labute approximate surface area is 110 Å². The zero-order valence-corrected chi connectivity index (χ0v) is 11.6. The number of carbonyl (C=O) groups is 1. The number of terminal acetylenes is 1. The van der Waals surface area contributed by atoms with Crippen LogP contribution in [0.3, 0.4) is 0 Å². The fraction of sp³-hybridized carbons (Fsp3) is 0.786. The van der Waals surface area contributed by atoms with Gasteiger partial charge in [-0.25, -0.2) is 0 Å². The van der Waals surface area contributed by atoms with E-state index in [1.165, 1.54) is 0 Å². The summed E-state index contributed by atoms with van der Waals surface area (Å²) in [5, 5.41) is 2.86. The van der Waals surface area contributed by atoms with E-state index in [0.29, 0.717) is 26.0 Å². The largest absolute Gasteiger partial charge is 0.378 e. The number of ether oxygens (including phenoxy) is 1. The minimum atomic E-state index is -0.830. The van der Waals surface area contributed by atoms with Crippen LogP contribution in [0.5, 0.6) is 0 Å². The van der Waals surface area contributed by atoms with E-state index in [1.807, 2.05) is 20.8 Å². The van der Waals surface area contributed by atoms with Gasteiger partial charge in [-0.1, -0.05) is 13.8 Å². The third-order valence-corrected chi connectivity index (χ3v) is 4.02. The summed E-state index contributed by atoms with van der Waals surface area (Å²) in [7, 11) is 0. The van der Waals surface area contributed by atoms with Crippen molar-refractivity contribution in [2.45, 2.75) is 51.7 Å². The summed E-state index contributed by atoms with van der Waals surface area (Å²) in [6, 6.07) is 0. The van der Waals surface area contributed by atoms with Crippen LogP contribution < -0.4 is 11.1 Å². The van der Waals surface area contributed by atoms with Gasteiger partial charge >= 0.3 is 0 Å². The second-order valence-electron chi connectivity index (χ2n) is 5.40. The van der Waals surface area contributed by atoms with Gasteiger partial charge in [0.05, 0.1) is 6.10 Å². The molecule has 1 aliphatic rings. The molecule has 0 aromatic carbocycles. The van der Waals surface area contributed by atoms with Crippen molar-refractivity contribution in [2.24, 2.45) is 11.1 Å². The van der Waals surface area contributed by atoms with Crippen LogP contribution in [0.15, 0.2) is 0 Å². The maximum absolute atomic E-state index is 12.1. The van der Waals surface area contributed by atoms with Gasteiger partial charge < -0.3 is 15.8 Å². The Hall–Kier alpha value is -1.05. The summed E-state index contributed by atoms with van der Waals surface area (Å²) < 4.78 is 5.60. The standard InChI is InChI=1S/C14H24N2O2/c1-5-7-8-9-16-12(17)14(15)10-11(18-6-2)13(14,3)4/h1,11H,6-10,15H2,2-4H3,(H,16,17). The van der Waals surface area contributed by atoms with Crippen LogP contribution in [-0.2, 0) is 9.53 Å². The Morgan fingerprint density at radius 3 is 2.78 bits per heavy atom. The molecule has 0 heterocycles. The highest BCUT2D eigenvalue weighted by Crippen LogP contribution is 2.49. The molecule has 102 valence electrons. The van der Waals surface area contributed by atoms with Crippen molar-refractivity contribution in [1.29, 1.82) is 0 Å². The summed E-state index contributed by atoms with van der Waals surface area (Å²) in [6.07, 6.45) is 7.25. The van der Waals surface area contributed by atoms with Crippen LogP contribution in [0.1, 0.15) is 40.0 Å². The van der Waals surface area contributed by atoms with Crippen LogP contribution in [0, 0.1) is 17.8 Å². The van der Waals surface area contributed by atoms with Gasteiger partial charge in [-0.3, -0.25) is 4.79 Å². The summed E-state index contributed by atoms with van der Waals surface area (Å²) in [4.78, 5) is 12.1. The first-order chi connectivity index (χ1) is 8.40. The molecule has 0 aromatic heterocycles. The maximum atomic E-state index is 12.1. The van der Waals surface area contributed by atoms with Crippen LogP contribution >= 0.6 is 0 Å². The Morgan fingerprint density at radius 2 is 2.28 bits per heavy atom. The molecule has 2 atom stereocenters. The summed E-state index contributed by atoms with van der Waals surface area (Å²) >= 11 is 0. The average molecular weight is 252 g/mol. The molecule has 3 N–H and O–H groups in total. The third kappa shape index (κ3) is 2.52. The van der Waals surface area contributed by atoms with Crippen molar-refractivity contribution < 1.29 is 9.53 Å². The van der Waals surface area contributed by atoms with Gasteiger partial charge in [0.2, 0.25) is 5.91 Å². The highest BCUT2D eigenvalue weighted by atomic mass is 16.5. The number of nitrogens with one attached hydrogen (secondary N) is 1. The molecule has 1 rings (SSSR count). The molecule has 1 fully saturated rings. The van der Waals surface area contributed by atoms with Crippen LogP contribution in [-0.4, -0.2) is 30.7 Å². The number of unbranched alkanes of at least 4 members (excludes halogenated alkanes) is 1. The maximum Gasteiger partial charge on any atom is 0.240 e. The minimum absolute atomic E-state index is 0.0592. The van der Waals surface area contributed by atoms with Crippen molar-refractivity contribution in [1.82, 2.24) is 5.32 Å². The predicted octanol–water partition coefficient (Wildman–Crippen LogP) is 1.05. The van der Waals surface area contributed by atoms with E-state index < -0.39 is 5.54 Å². The van der Waals surface area contributed by atoms with Gasteiger partial charge in [0, 0.05) is 31.4 Å². The molecular formula is C14H24N2O2. The van der Waals surface area contributed by atoms with E-state index in [9.17, 15) is 4.79 Å². The lowest BCUT2D eigenvalue weighted by Gasteiger charge is -2.57. The number of hydrogen-bond acceptors (Lipinski definition) is 3. The molecule has 0 aromatic rings. The quantitative estimate of drug-likeness (QED) is 0.548. The Kier molecular flexibility index (Phi) is 4.78. The van der Waals surface area contributed by atoms with Crippen LogP contribution in [0.2, 0.25) is 0 Å². The third-order valence-electron chi connectivity index (χ3n) is 4.02. The van der Waals surface area contributed by atoms with Gasteiger partial charge in [0.1, 0.15) is 5.54 Å². The second kappa shape index (κ2) is 5.73. The summed E-state index contributed by atoms with van der Waals surface area (Å²) in [5.74, 6) is 2.45. The molecule has 0 spiro atoms. The Bertz CT molecular complexity index is 346. The fourth-order valence-corrected chi connectivity index (χ4v) is 2.37. The fourth-order valence-electron chi connectivity index (χ4n) is 2.37. The van der Waals surface area contributed by atoms with Crippen molar-refractivity contribution in [3.63, 3.8) is 0 Å². The normalized spacial score (nSPS) is 29.2. The number of nitrogens with two attached hydrogens (primary N) is 1. The van der Waals surface area contributed by atoms with E-state index in [2.05, 4.69) is 11.2 Å². The topological polar surface area (TPSA) is 64.4 Å². The van der Waals surface area contributed by atoms with Gasteiger partial charge in [0.25, 0.3) is 0 Å². The zero-order valence-electron chi connectivity index (χ0n) is 11.6. The molecule has 0 bridgehead atoms. The molecular weight excluding hydrogens is 228 g/mol.